The van der Waals surface area contributed by atoms with E-state index in [4.69, 9.17) is 5.73 Å². The molecule has 2 aromatic rings. The van der Waals surface area contributed by atoms with Crippen LogP contribution >= 0.6 is 43.6 Å². The summed E-state index contributed by atoms with van der Waals surface area (Å²) in [6.07, 6.45) is -0.801. The Balaban J connectivity index is 1.48. The molecule has 6 N–H and O–H groups in total. The van der Waals surface area contributed by atoms with Crippen LogP contribution in [0.2, 0.25) is 0 Å². The number of nitrogens with two attached hydrogens (primary N) is 1. The van der Waals surface area contributed by atoms with Gasteiger partial charge in [-0.15, -0.1) is 11.8 Å². The molecule has 0 aromatic heterocycles. The van der Waals surface area contributed by atoms with E-state index in [9.17, 15) is 14.4 Å². The average molecular weight is 557 g/mol. The topological polar surface area (TPSA) is 125 Å². The first-order valence-electron chi connectivity index (χ1n) is 8.87. The highest BCUT2D eigenvalue weighted by atomic mass is 79.9. The summed E-state index contributed by atoms with van der Waals surface area (Å²) in [4.78, 5) is 36.9. The number of nitrogens with one attached hydrogen (secondary N) is 4. The second-order valence-electron chi connectivity index (χ2n) is 6.41. The molecule has 8 nitrogen and oxygen atoms in total. The van der Waals surface area contributed by atoms with Crippen molar-refractivity contribution in [2.24, 2.45) is 5.73 Å². The van der Waals surface area contributed by atoms with E-state index in [-0.39, 0.29) is 11.7 Å². The Morgan fingerprint density at radius 3 is 2.23 bits per heavy atom. The fourth-order valence-electron chi connectivity index (χ4n) is 2.66. The van der Waals surface area contributed by atoms with Crippen LogP contribution in [-0.2, 0) is 9.59 Å². The molecule has 3 unspecified atom stereocenters. The van der Waals surface area contributed by atoms with Gasteiger partial charge in [0.15, 0.2) is 0 Å². The lowest BCUT2D eigenvalue weighted by molar-refractivity contribution is -0.125. The number of amides is 3. The highest BCUT2D eigenvalue weighted by Gasteiger charge is 2.35. The molecule has 1 saturated heterocycles. The molecular formula is C19H19Br2N5O3S. The summed E-state index contributed by atoms with van der Waals surface area (Å²) in [7, 11) is 0. The first-order valence-corrected chi connectivity index (χ1v) is 11.5. The molecule has 1 fully saturated rings. The van der Waals surface area contributed by atoms with Crippen molar-refractivity contribution in [2.75, 3.05) is 11.1 Å². The zero-order valence-electron chi connectivity index (χ0n) is 15.5. The van der Waals surface area contributed by atoms with E-state index in [1.807, 2.05) is 12.1 Å². The van der Waals surface area contributed by atoms with Gasteiger partial charge >= 0.3 is 0 Å². The number of hydrogen-bond donors (Lipinski definition) is 5. The fraction of sp³-hybridized carbons (Fsp3) is 0.211. The van der Waals surface area contributed by atoms with Crippen molar-refractivity contribution < 1.29 is 14.4 Å². The van der Waals surface area contributed by atoms with E-state index in [2.05, 4.69) is 53.1 Å². The molecule has 1 heterocycles. The number of rotatable bonds is 6. The number of halogens is 2. The molecule has 3 atom stereocenters. The number of hydrogen-bond acceptors (Lipinski definition) is 6. The maximum Gasteiger partial charge on any atom is 0.252 e. The van der Waals surface area contributed by atoms with Crippen LogP contribution in [0.1, 0.15) is 10.4 Å². The van der Waals surface area contributed by atoms with E-state index < -0.39 is 29.5 Å². The van der Waals surface area contributed by atoms with Crippen LogP contribution in [0.15, 0.2) is 57.5 Å². The Hall–Kier alpha value is -1.92. The SMILES string of the molecule is NC1NC(SCC(=O)Nc2ccc(Br)cc2)NC(=O)C1NC(=O)c1ccc(Br)cc1. The molecule has 0 aliphatic carbocycles. The molecule has 0 bridgehead atoms. The van der Waals surface area contributed by atoms with E-state index in [1.165, 1.54) is 11.8 Å². The van der Waals surface area contributed by atoms with Gasteiger partial charge in [-0.3, -0.25) is 19.7 Å². The third-order valence-electron chi connectivity index (χ3n) is 4.16. The molecule has 2 aromatic carbocycles. The second kappa shape index (κ2) is 10.4. The molecule has 3 amide bonds. The van der Waals surface area contributed by atoms with Crippen molar-refractivity contribution in [2.45, 2.75) is 17.7 Å². The van der Waals surface area contributed by atoms with Gasteiger partial charge in [-0.25, -0.2) is 0 Å². The molecule has 3 rings (SSSR count). The van der Waals surface area contributed by atoms with Crippen molar-refractivity contribution in [3.63, 3.8) is 0 Å². The lowest BCUT2D eigenvalue weighted by atomic mass is 10.1. The van der Waals surface area contributed by atoms with Gasteiger partial charge < -0.3 is 21.7 Å². The van der Waals surface area contributed by atoms with Crippen molar-refractivity contribution in [3.8, 4) is 0 Å². The van der Waals surface area contributed by atoms with Crippen molar-refractivity contribution in [1.29, 1.82) is 0 Å². The molecule has 30 heavy (non-hydrogen) atoms. The van der Waals surface area contributed by atoms with E-state index in [0.29, 0.717) is 11.3 Å². The Morgan fingerprint density at radius 1 is 1.03 bits per heavy atom. The average Bonchev–Trinajstić information content (AvgIpc) is 2.71. The minimum absolute atomic E-state index is 0.108. The fourth-order valence-corrected chi connectivity index (χ4v) is 4.03. The molecule has 1 aliphatic heterocycles. The Bertz CT molecular complexity index is 927. The highest BCUT2D eigenvalue weighted by molar-refractivity contribution is 9.10. The summed E-state index contributed by atoms with van der Waals surface area (Å²) >= 11 is 7.83. The number of carbonyl (C=O) groups is 3. The zero-order chi connectivity index (χ0) is 21.7. The minimum Gasteiger partial charge on any atom is -0.338 e. The molecule has 0 radical (unpaired) electrons. The summed E-state index contributed by atoms with van der Waals surface area (Å²) in [6.45, 7) is 0. The van der Waals surface area contributed by atoms with Crippen LogP contribution in [0.5, 0.6) is 0 Å². The molecule has 11 heteroatoms. The molecule has 0 spiro atoms. The Morgan fingerprint density at radius 2 is 1.63 bits per heavy atom. The lowest BCUT2D eigenvalue weighted by Crippen LogP contribution is -2.70. The van der Waals surface area contributed by atoms with E-state index in [1.54, 1.807) is 36.4 Å². The van der Waals surface area contributed by atoms with Crippen LogP contribution in [0, 0.1) is 0 Å². The lowest BCUT2D eigenvalue weighted by Gasteiger charge is -2.35. The minimum atomic E-state index is -0.936. The third-order valence-corrected chi connectivity index (χ3v) is 6.23. The van der Waals surface area contributed by atoms with Crippen LogP contribution in [0.3, 0.4) is 0 Å². The summed E-state index contributed by atoms with van der Waals surface area (Å²) in [6, 6.07) is 13.0. The second-order valence-corrected chi connectivity index (χ2v) is 9.33. The standard InChI is InChI=1S/C19H19Br2N5O3S/c20-11-3-1-10(2-4-11)17(28)24-15-16(22)25-19(26-18(15)29)30-9-14(27)23-13-7-5-12(21)6-8-13/h1-8,15-16,19,25H,9,22H2,(H,23,27)(H,24,28)(H,26,29). The molecular weight excluding hydrogens is 538 g/mol. The van der Waals surface area contributed by atoms with Gasteiger partial charge in [-0.05, 0) is 48.5 Å². The molecule has 0 saturated carbocycles. The van der Waals surface area contributed by atoms with Gasteiger partial charge in [-0.1, -0.05) is 31.9 Å². The van der Waals surface area contributed by atoms with E-state index >= 15 is 0 Å². The van der Waals surface area contributed by atoms with Crippen LogP contribution in [-0.4, -0.2) is 41.2 Å². The zero-order valence-corrected chi connectivity index (χ0v) is 19.5. The molecule has 1 aliphatic rings. The maximum atomic E-state index is 12.4. The monoisotopic (exact) mass is 555 g/mol. The van der Waals surface area contributed by atoms with Crippen molar-refractivity contribution in [3.05, 3.63) is 63.0 Å². The highest BCUT2D eigenvalue weighted by Crippen LogP contribution is 2.16. The predicted molar refractivity (Wildman–Crippen MR) is 124 cm³/mol. The normalized spacial score (nSPS) is 20.9. The van der Waals surface area contributed by atoms with Gasteiger partial charge in [0, 0.05) is 20.2 Å². The van der Waals surface area contributed by atoms with Gasteiger partial charge in [0.1, 0.15) is 11.5 Å². The third kappa shape index (κ3) is 6.29. The van der Waals surface area contributed by atoms with Crippen LogP contribution in [0.4, 0.5) is 5.69 Å². The van der Waals surface area contributed by atoms with Gasteiger partial charge in [0.2, 0.25) is 11.8 Å². The predicted octanol–water partition coefficient (Wildman–Crippen LogP) is 1.97. The Kier molecular flexibility index (Phi) is 7.89. The Labute approximate surface area is 194 Å². The number of thioether (sulfide) groups is 1. The number of carbonyl (C=O) groups excluding carboxylic acids is 3. The maximum absolute atomic E-state index is 12.4. The van der Waals surface area contributed by atoms with Crippen molar-refractivity contribution >= 4 is 67.0 Å². The van der Waals surface area contributed by atoms with Crippen LogP contribution in [0.25, 0.3) is 0 Å². The summed E-state index contributed by atoms with van der Waals surface area (Å²) in [5.41, 5.74) is 6.58. The number of benzene rings is 2. The first-order chi connectivity index (χ1) is 14.3. The summed E-state index contributed by atoms with van der Waals surface area (Å²) in [5, 5.41) is 11.1. The quantitative estimate of drug-likeness (QED) is 0.370. The van der Waals surface area contributed by atoms with Crippen LogP contribution < -0.4 is 27.0 Å². The van der Waals surface area contributed by atoms with E-state index in [0.717, 1.165) is 8.95 Å². The van der Waals surface area contributed by atoms with Gasteiger partial charge in [-0.2, -0.15) is 0 Å². The summed E-state index contributed by atoms with van der Waals surface area (Å²) in [5.74, 6) is -0.925. The first kappa shape index (κ1) is 22.8. The molecule has 158 valence electrons. The van der Waals surface area contributed by atoms with Gasteiger partial charge in [0.25, 0.3) is 5.91 Å². The largest absolute Gasteiger partial charge is 0.338 e. The summed E-state index contributed by atoms with van der Waals surface area (Å²) < 4.78 is 1.76. The smallest absolute Gasteiger partial charge is 0.252 e. The van der Waals surface area contributed by atoms with Gasteiger partial charge in [0.05, 0.1) is 11.9 Å². The number of anilines is 1. The van der Waals surface area contributed by atoms with Crippen molar-refractivity contribution in [1.82, 2.24) is 16.0 Å².